The van der Waals surface area contributed by atoms with Crippen LogP contribution in [0.3, 0.4) is 0 Å². The van der Waals surface area contributed by atoms with Gasteiger partial charge in [0.15, 0.2) is 6.29 Å². The molecule has 0 saturated carbocycles. The summed E-state index contributed by atoms with van der Waals surface area (Å²) in [4.78, 5) is 9.47. The zero-order valence-electron chi connectivity index (χ0n) is 10.2. The lowest BCUT2D eigenvalue weighted by atomic mass is 10.6. The van der Waals surface area contributed by atoms with Crippen molar-refractivity contribution < 1.29 is 14.3 Å². The highest BCUT2D eigenvalue weighted by atomic mass is 79.9. The number of aldehydes is 1. The van der Waals surface area contributed by atoms with Crippen molar-refractivity contribution in [1.29, 1.82) is 0 Å². The van der Waals surface area contributed by atoms with Gasteiger partial charge >= 0.3 is 0 Å². The Morgan fingerprint density at radius 2 is 1.47 bits per heavy atom. The fraction of sp³-hybridized carbons (Fsp3) is 0.727. The predicted molar refractivity (Wildman–Crippen MR) is 68.4 cm³/mol. The Balaban J connectivity index is -0.000000177. The quantitative estimate of drug-likeness (QED) is 0.336. The number of carbonyl (C=O) groups excluding carboxylic acids is 1. The van der Waals surface area contributed by atoms with E-state index in [0.29, 0.717) is 0 Å². The molecule has 0 saturated heterocycles. The lowest BCUT2D eigenvalue weighted by Gasteiger charge is -2.09. The second kappa shape index (κ2) is 19.4. The zero-order chi connectivity index (χ0) is 12.7. The lowest BCUT2D eigenvalue weighted by Crippen LogP contribution is -2.11. The van der Waals surface area contributed by atoms with Gasteiger partial charge in [-0.25, -0.2) is 0 Å². The van der Waals surface area contributed by atoms with Crippen LogP contribution in [0.25, 0.3) is 0 Å². The van der Waals surface area contributed by atoms with E-state index in [9.17, 15) is 4.79 Å². The van der Waals surface area contributed by atoms with Crippen molar-refractivity contribution in [3.8, 4) is 0 Å². The number of hydrogen-bond donors (Lipinski definition) is 0. The molecule has 0 rings (SSSR count). The minimum absolute atomic E-state index is 0.0162. The van der Waals surface area contributed by atoms with E-state index in [0.717, 1.165) is 19.5 Å². The summed E-state index contributed by atoms with van der Waals surface area (Å²) >= 11 is 3.01. The Morgan fingerprint density at radius 1 is 1.20 bits per heavy atom. The molecule has 0 aliphatic rings. The van der Waals surface area contributed by atoms with Gasteiger partial charge in [0.1, 0.15) is 6.29 Å². The molecule has 0 bridgehead atoms. The van der Waals surface area contributed by atoms with Gasteiger partial charge in [-0.05, 0) is 27.7 Å². The summed E-state index contributed by atoms with van der Waals surface area (Å²) in [6.07, 6.45) is 0.796. The predicted octanol–water partition coefficient (Wildman–Crippen LogP) is 3.18. The molecule has 15 heavy (non-hydrogen) atoms. The molecule has 0 heterocycles. The fourth-order valence-corrected chi connectivity index (χ4v) is 0.518. The summed E-state index contributed by atoms with van der Waals surface area (Å²) in [5, 5.41) is 0. The second-order valence-corrected chi connectivity index (χ2v) is 3.74. The van der Waals surface area contributed by atoms with Crippen molar-refractivity contribution in [2.45, 2.75) is 38.8 Å². The highest BCUT2D eigenvalue weighted by Crippen LogP contribution is 1.90. The Kier molecular flexibility index (Phi) is 26.2. The van der Waals surface area contributed by atoms with Crippen molar-refractivity contribution in [2.24, 2.45) is 0 Å². The summed E-state index contributed by atoms with van der Waals surface area (Å²) in [5.74, 6) is 0. The summed E-state index contributed by atoms with van der Waals surface area (Å²) in [5.41, 5.74) is 0. The molecule has 0 fully saturated rings. The largest absolute Gasteiger partial charge is 0.353 e. The van der Waals surface area contributed by atoms with Crippen LogP contribution in [-0.4, -0.2) is 30.6 Å². The standard InChI is InChI=1S/C6H14O2.C3H5BrO.C2H4/c1-4-7-6(3)8-5-2;1-3(4)2-5;1-2/h6H,4-5H2,1-3H3;2-3H,1H3;1-2H2. The summed E-state index contributed by atoms with van der Waals surface area (Å²) < 4.78 is 10.1. The summed E-state index contributed by atoms with van der Waals surface area (Å²) in [6, 6.07) is 0. The summed E-state index contributed by atoms with van der Waals surface area (Å²) in [6.45, 7) is 15.0. The number of carbonyl (C=O) groups is 1. The van der Waals surface area contributed by atoms with Crippen LogP contribution < -0.4 is 0 Å². The van der Waals surface area contributed by atoms with Gasteiger partial charge in [0.25, 0.3) is 0 Å². The molecule has 1 atom stereocenters. The van der Waals surface area contributed by atoms with E-state index in [1.165, 1.54) is 0 Å². The number of ether oxygens (including phenoxy) is 2. The third-order valence-corrected chi connectivity index (χ3v) is 1.21. The first-order chi connectivity index (χ1) is 7.08. The number of alkyl halides is 1. The third kappa shape index (κ3) is 31.6. The maximum atomic E-state index is 9.46. The van der Waals surface area contributed by atoms with Gasteiger partial charge in [0, 0.05) is 13.2 Å². The summed E-state index contributed by atoms with van der Waals surface area (Å²) in [7, 11) is 0. The van der Waals surface area contributed by atoms with E-state index in [2.05, 4.69) is 29.1 Å². The van der Waals surface area contributed by atoms with E-state index < -0.39 is 0 Å². The van der Waals surface area contributed by atoms with Crippen molar-refractivity contribution in [3.05, 3.63) is 13.2 Å². The maximum absolute atomic E-state index is 9.46. The van der Waals surface area contributed by atoms with Crippen LogP contribution in [0.2, 0.25) is 0 Å². The fourth-order valence-electron chi connectivity index (χ4n) is 0.518. The van der Waals surface area contributed by atoms with Crippen molar-refractivity contribution in [1.82, 2.24) is 0 Å². The first-order valence-electron chi connectivity index (χ1n) is 4.90. The van der Waals surface area contributed by atoms with Crippen LogP contribution in [0.15, 0.2) is 13.2 Å². The number of hydrogen-bond acceptors (Lipinski definition) is 3. The Bertz CT molecular complexity index is 112. The van der Waals surface area contributed by atoms with E-state index in [1.807, 2.05) is 20.8 Å². The molecule has 92 valence electrons. The normalized spacial score (nSPS) is 10.5. The highest BCUT2D eigenvalue weighted by Gasteiger charge is 1.94. The Morgan fingerprint density at radius 3 is 1.60 bits per heavy atom. The Hall–Kier alpha value is -0.190. The average molecular weight is 283 g/mol. The van der Waals surface area contributed by atoms with Crippen LogP contribution >= 0.6 is 15.9 Å². The van der Waals surface area contributed by atoms with Gasteiger partial charge in [0.2, 0.25) is 0 Å². The monoisotopic (exact) mass is 282 g/mol. The first-order valence-corrected chi connectivity index (χ1v) is 5.82. The van der Waals surface area contributed by atoms with E-state index >= 15 is 0 Å². The SMILES string of the molecule is C=C.CC(Br)C=O.CCOC(C)OCC. The topological polar surface area (TPSA) is 35.5 Å². The molecule has 0 spiro atoms. The smallest absolute Gasteiger partial charge is 0.154 e. The van der Waals surface area contributed by atoms with Gasteiger partial charge < -0.3 is 14.3 Å². The molecule has 3 nitrogen and oxygen atoms in total. The van der Waals surface area contributed by atoms with Gasteiger partial charge in [-0.2, -0.15) is 0 Å². The van der Waals surface area contributed by atoms with Crippen LogP contribution in [0.4, 0.5) is 0 Å². The minimum atomic E-state index is -0.0370. The number of halogens is 1. The third-order valence-electron chi connectivity index (χ3n) is 0.990. The highest BCUT2D eigenvalue weighted by molar-refractivity contribution is 9.09. The minimum Gasteiger partial charge on any atom is -0.353 e. The van der Waals surface area contributed by atoms with Crippen molar-refractivity contribution in [2.75, 3.05) is 13.2 Å². The van der Waals surface area contributed by atoms with E-state index in [4.69, 9.17) is 9.47 Å². The van der Waals surface area contributed by atoms with Gasteiger partial charge in [-0.15, -0.1) is 13.2 Å². The molecule has 0 aliphatic carbocycles. The molecule has 1 unspecified atom stereocenters. The van der Waals surface area contributed by atoms with Crippen molar-refractivity contribution in [3.63, 3.8) is 0 Å². The molecular formula is C11H23BrO3. The maximum Gasteiger partial charge on any atom is 0.154 e. The molecule has 0 aromatic carbocycles. The van der Waals surface area contributed by atoms with Crippen LogP contribution in [0.1, 0.15) is 27.7 Å². The van der Waals surface area contributed by atoms with Crippen LogP contribution in [0.5, 0.6) is 0 Å². The molecule has 0 aromatic heterocycles. The van der Waals surface area contributed by atoms with Crippen molar-refractivity contribution >= 4 is 22.2 Å². The molecule has 4 heteroatoms. The second-order valence-electron chi connectivity index (χ2n) is 2.29. The Labute approximate surface area is 102 Å². The van der Waals surface area contributed by atoms with Gasteiger partial charge in [-0.3, -0.25) is 0 Å². The van der Waals surface area contributed by atoms with E-state index in [1.54, 1.807) is 6.92 Å². The van der Waals surface area contributed by atoms with Gasteiger partial charge in [-0.1, -0.05) is 15.9 Å². The zero-order valence-corrected chi connectivity index (χ0v) is 11.7. The van der Waals surface area contributed by atoms with Crippen LogP contribution in [-0.2, 0) is 14.3 Å². The van der Waals surface area contributed by atoms with Gasteiger partial charge in [0.05, 0.1) is 4.83 Å². The number of rotatable bonds is 5. The average Bonchev–Trinajstić information content (AvgIpc) is 2.22. The molecule has 0 N–H and O–H groups in total. The molecule has 0 aromatic rings. The molecule has 0 aliphatic heterocycles. The lowest BCUT2D eigenvalue weighted by molar-refractivity contribution is -0.123. The molecule has 0 amide bonds. The first kappa shape index (κ1) is 20.3. The molecule has 0 radical (unpaired) electrons. The molecular weight excluding hydrogens is 260 g/mol. The van der Waals surface area contributed by atoms with E-state index in [-0.39, 0.29) is 11.1 Å². The van der Waals surface area contributed by atoms with Crippen LogP contribution in [0, 0.1) is 0 Å².